The Morgan fingerprint density at radius 3 is 2.45 bits per heavy atom. The molecule has 0 aromatic heterocycles. The Morgan fingerprint density at radius 2 is 1.80 bits per heavy atom. The number of hydrogen-bond acceptors (Lipinski definition) is 1. The van der Waals surface area contributed by atoms with Gasteiger partial charge in [0.05, 0.1) is 0 Å². The Bertz CT molecular complexity index is 576. The molecule has 20 heavy (non-hydrogen) atoms. The number of carbonyl (C=O) groups excluding carboxylic acids is 1. The average molecular weight is 268 g/mol. The molecule has 3 nitrogen and oxygen atoms in total. The Morgan fingerprint density at radius 1 is 1.05 bits per heavy atom. The number of carbonyl (C=O) groups is 1. The lowest BCUT2D eigenvalue weighted by Gasteiger charge is -2.08. The third kappa shape index (κ3) is 4.12. The average Bonchev–Trinajstić information content (AvgIpc) is 2.46. The van der Waals surface area contributed by atoms with Crippen molar-refractivity contribution in [1.82, 2.24) is 5.32 Å². The number of benzene rings is 2. The van der Waals surface area contributed by atoms with E-state index in [2.05, 4.69) is 23.6 Å². The van der Waals surface area contributed by atoms with Crippen LogP contribution < -0.4 is 10.6 Å². The Kier molecular flexibility index (Phi) is 4.77. The van der Waals surface area contributed by atoms with Crippen molar-refractivity contribution in [3.63, 3.8) is 0 Å². The SMILES string of the molecule is CCc1ccc(NC(=O)NCc2cccc(C)c2)cc1. The molecule has 0 bridgehead atoms. The highest BCUT2D eigenvalue weighted by atomic mass is 16.2. The zero-order valence-corrected chi connectivity index (χ0v) is 11.9. The predicted molar refractivity (Wildman–Crippen MR) is 82.9 cm³/mol. The molecular weight excluding hydrogens is 248 g/mol. The summed E-state index contributed by atoms with van der Waals surface area (Å²) in [5.41, 5.74) is 4.36. The standard InChI is InChI=1S/C17H20N2O/c1-3-14-7-9-16(10-8-14)19-17(20)18-12-15-6-4-5-13(2)11-15/h4-11H,3,12H2,1-2H3,(H2,18,19,20). The fourth-order valence-electron chi connectivity index (χ4n) is 2.00. The first kappa shape index (κ1) is 14.1. The number of nitrogens with one attached hydrogen (secondary N) is 2. The van der Waals surface area contributed by atoms with Gasteiger partial charge in [-0.05, 0) is 36.6 Å². The Balaban J connectivity index is 1.85. The molecule has 2 N–H and O–H groups in total. The van der Waals surface area contributed by atoms with E-state index < -0.39 is 0 Å². The van der Waals surface area contributed by atoms with Crippen LogP contribution in [0.15, 0.2) is 48.5 Å². The summed E-state index contributed by atoms with van der Waals surface area (Å²) in [6.45, 7) is 4.68. The van der Waals surface area contributed by atoms with Crippen LogP contribution >= 0.6 is 0 Å². The first-order valence-corrected chi connectivity index (χ1v) is 6.86. The molecule has 2 aromatic rings. The maximum absolute atomic E-state index is 11.8. The normalized spacial score (nSPS) is 10.1. The zero-order chi connectivity index (χ0) is 14.4. The summed E-state index contributed by atoms with van der Waals surface area (Å²) in [6, 6.07) is 15.8. The molecule has 0 aliphatic heterocycles. The van der Waals surface area contributed by atoms with Crippen LogP contribution in [0, 0.1) is 6.92 Å². The van der Waals surface area contributed by atoms with Gasteiger partial charge in [-0.3, -0.25) is 0 Å². The summed E-state index contributed by atoms with van der Waals surface area (Å²) in [5.74, 6) is 0. The van der Waals surface area contributed by atoms with Gasteiger partial charge in [-0.15, -0.1) is 0 Å². The number of rotatable bonds is 4. The molecular formula is C17H20N2O. The fourth-order valence-corrected chi connectivity index (χ4v) is 2.00. The molecule has 2 amide bonds. The van der Waals surface area contributed by atoms with Crippen molar-refractivity contribution in [3.05, 3.63) is 65.2 Å². The van der Waals surface area contributed by atoms with Crippen LogP contribution in [0.4, 0.5) is 10.5 Å². The largest absolute Gasteiger partial charge is 0.334 e. The number of anilines is 1. The number of hydrogen-bond donors (Lipinski definition) is 2. The molecule has 3 heteroatoms. The van der Waals surface area contributed by atoms with Crippen molar-refractivity contribution >= 4 is 11.7 Å². The molecule has 2 rings (SSSR count). The number of aryl methyl sites for hydroxylation is 2. The van der Waals surface area contributed by atoms with Gasteiger partial charge in [-0.2, -0.15) is 0 Å². The van der Waals surface area contributed by atoms with E-state index in [0.717, 1.165) is 17.7 Å². The topological polar surface area (TPSA) is 41.1 Å². The van der Waals surface area contributed by atoms with Gasteiger partial charge >= 0.3 is 6.03 Å². The zero-order valence-electron chi connectivity index (χ0n) is 11.9. The van der Waals surface area contributed by atoms with Crippen LogP contribution in [0.25, 0.3) is 0 Å². The van der Waals surface area contributed by atoms with Gasteiger partial charge in [0.15, 0.2) is 0 Å². The maximum atomic E-state index is 11.8. The summed E-state index contributed by atoms with van der Waals surface area (Å²) in [7, 11) is 0. The van der Waals surface area contributed by atoms with Crippen molar-refractivity contribution in [2.45, 2.75) is 26.8 Å². The molecule has 2 aromatic carbocycles. The van der Waals surface area contributed by atoms with Crippen LogP contribution in [0.3, 0.4) is 0 Å². The van der Waals surface area contributed by atoms with Gasteiger partial charge in [0, 0.05) is 12.2 Å². The van der Waals surface area contributed by atoms with E-state index in [0.29, 0.717) is 6.54 Å². The molecule has 0 fully saturated rings. The van der Waals surface area contributed by atoms with Gasteiger partial charge in [0.2, 0.25) is 0 Å². The molecule has 0 atom stereocenters. The third-order valence-electron chi connectivity index (χ3n) is 3.16. The van der Waals surface area contributed by atoms with E-state index in [9.17, 15) is 4.79 Å². The van der Waals surface area contributed by atoms with Crippen molar-refractivity contribution < 1.29 is 4.79 Å². The molecule has 0 saturated heterocycles. The molecule has 0 spiro atoms. The predicted octanol–water partition coefficient (Wildman–Crippen LogP) is 3.88. The highest BCUT2D eigenvalue weighted by molar-refractivity contribution is 5.89. The summed E-state index contributed by atoms with van der Waals surface area (Å²) < 4.78 is 0. The van der Waals surface area contributed by atoms with E-state index in [1.807, 2.05) is 49.4 Å². The summed E-state index contributed by atoms with van der Waals surface area (Å²) >= 11 is 0. The van der Waals surface area contributed by atoms with Crippen LogP contribution in [-0.4, -0.2) is 6.03 Å². The van der Waals surface area contributed by atoms with Gasteiger partial charge < -0.3 is 10.6 Å². The third-order valence-corrected chi connectivity index (χ3v) is 3.16. The molecule has 0 aliphatic carbocycles. The summed E-state index contributed by atoms with van der Waals surface area (Å²) in [5, 5.41) is 5.68. The van der Waals surface area contributed by atoms with Crippen molar-refractivity contribution in [2.75, 3.05) is 5.32 Å². The monoisotopic (exact) mass is 268 g/mol. The lowest BCUT2D eigenvalue weighted by molar-refractivity contribution is 0.251. The highest BCUT2D eigenvalue weighted by Gasteiger charge is 2.01. The molecule has 0 aliphatic rings. The van der Waals surface area contributed by atoms with Crippen molar-refractivity contribution in [3.8, 4) is 0 Å². The van der Waals surface area contributed by atoms with Crippen LogP contribution in [0.1, 0.15) is 23.6 Å². The highest BCUT2D eigenvalue weighted by Crippen LogP contribution is 2.10. The van der Waals surface area contributed by atoms with Gasteiger partial charge in [-0.25, -0.2) is 4.79 Å². The van der Waals surface area contributed by atoms with E-state index in [-0.39, 0.29) is 6.03 Å². The minimum Gasteiger partial charge on any atom is -0.334 e. The van der Waals surface area contributed by atoms with Crippen LogP contribution in [0.2, 0.25) is 0 Å². The number of urea groups is 1. The second-order valence-electron chi connectivity index (χ2n) is 4.85. The van der Waals surface area contributed by atoms with Gasteiger partial charge in [0.1, 0.15) is 0 Å². The summed E-state index contributed by atoms with van der Waals surface area (Å²) in [6.07, 6.45) is 1.000. The quantitative estimate of drug-likeness (QED) is 0.868. The first-order chi connectivity index (χ1) is 9.67. The minimum atomic E-state index is -0.184. The van der Waals surface area contributed by atoms with Gasteiger partial charge in [-0.1, -0.05) is 48.9 Å². The van der Waals surface area contributed by atoms with Gasteiger partial charge in [0.25, 0.3) is 0 Å². The molecule has 0 heterocycles. The van der Waals surface area contributed by atoms with Crippen molar-refractivity contribution in [2.24, 2.45) is 0 Å². The van der Waals surface area contributed by atoms with E-state index in [4.69, 9.17) is 0 Å². The molecule has 104 valence electrons. The van der Waals surface area contributed by atoms with Crippen molar-refractivity contribution in [1.29, 1.82) is 0 Å². The number of amides is 2. The maximum Gasteiger partial charge on any atom is 0.319 e. The smallest absolute Gasteiger partial charge is 0.319 e. The second-order valence-corrected chi connectivity index (χ2v) is 4.85. The van der Waals surface area contributed by atoms with E-state index >= 15 is 0 Å². The van der Waals surface area contributed by atoms with E-state index in [1.54, 1.807) is 0 Å². The lowest BCUT2D eigenvalue weighted by atomic mass is 10.1. The molecule has 0 unspecified atom stereocenters. The lowest BCUT2D eigenvalue weighted by Crippen LogP contribution is -2.28. The molecule has 0 saturated carbocycles. The van der Waals surface area contributed by atoms with Crippen LogP contribution in [-0.2, 0) is 13.0 Å². The Hall–Kier alpha value is -2.29. The summed E-state index contributed by atoms with van der Waals surface area (Å²) in [4.78, 5) is 11.8. The molecule has 0 radical (unpaired) electrons. The second kappa shape index (κ2) is 6.75. The first-order valence-electron chi connectivity index (χ1n) is 6.86. The fraction of sp³-hybridized carbons (Fsp3) is 0.235. The van der Waals surface area contributed by atoms with E-state index in [1.165, 1.54) is 11.1 Å². The van der Waals surface area contributed by atoms with Crippen LogP contribution in [0.5, 0.6) is 0 Å². The minimum absolute atomic E-state index is 0.184. The Labute approximate surface area is 120 Å².